The second-order valence-electron chi connectivity index (χ2n) is 3.55. The molecule has 17 heavy (non-hydrogen) atoms. The lowest BCUT2D eigenvalue weighted by Gasteiger charge is -2.09. The fraction of sp³-hybridized carbons (Fsp3) is 0.889. The molecule has 0 aliphatic carbocycles. The number of nitrogens with zero attached hydrogens (tertiary/aromatic N) is 1. The Balaban J connectivity index is 3.24. The Morgan fingerprint density at radius 2 is 2.06 bits per heavy atom. The molecule has 1 amide bonds. The Bertz CT molecular complexity index is 237. The first-order valence-corrected chi connectivity index (χ1v) is 5.49. The minimum Gasteiger partial charge on any atom is -0.394 e. The Morgan fingerprint density at radius 1 is 1.41 bits per heavy atom. The summed E-state index contributed by atoms with van der Waals surface area (Å²) in [6.07, 6.45) is 3.03. The van der Waals surface area contributed by atoms with E-state index in [9.17, 15) is 14.9 Å². The number of amides is 1. The monoisotopic (exact) mass is 249 g/mol. The van der Waals surface area contributed by atoms with Crippen molar-refractivity contribution in [1.82, 2.24) is 5.32 Å². The van der Waals surface area contributed by atoms with E-state index in [1.807, 2.05) is 0 Å². The smallest absolute Gasteiger partial charge is 0.294 e. The first kappa shape index (κ1) is 15.6. The fourth-order valence-electron chi connectivity index (χ4n) is 1.15. The lowest BCUT2D eigenvalue weighted by atomic mass is 10.2. The summed E-state index contributed by atoms with van der Waals surface area (Å²) < 4.78 is 0. The van der Waals surface area contributed by atoms with Crippen LogP contribution in [-0.4, -0.2) is 41.9 Å². The highest BCUT2D eigenvalue weighted by Gasteiger charge is 2.10. The highest BCUT2D eigenvalue weighted by atomic mass is 16.9. The highest BCUT2D eigenvalue weighted by molar-refractivity contribution is 5.81. The third-order valence-electron chi connectivity index (χ3n) is 2.10. The van der Waals surface area contributed by atoms with E-state index in [2.05, 4.69) is 10.2 Å². The van der Waals surface area contributed by atoms with Crippen molar-refractivity contribution in [2.75, 3.05) is 19.8 Å². The zero-order chi connectivity index (χ0) is 13.1. The van der Waals surface area contributed by atoms with Gasteiger partial charge in [-0.3, -0.25) is 4.79 Å². The van der Waals surface area contributed by atoms with Crippen molar-refractivity contribution in [3.05, 3.63) is 10.1 Å². The second kappa shape index (κ2) is 9.79. The van der Waals surface area contributed by atoms with Crippen LogP contribution in [0.25, 0.3) is 0 Å². The maximum atomic E-state index is 11.1. The van der Waals surface area contributed by atoms with Gasteiger partial charge < -0.3 is 21.0 Å². The third kappa shape index (κ3) is 9.52. The summed E-state index contributed by atoms with van der Waals surface area (Å²) in [7, 11) is 0. The van der Waals surface area contributed by atoms with Crippen LogP contribution in [0, 0.1) is 10.1 Å². The van der Waals surface area contributed by atoms with Crippen LogP contribution < -0.4 is 11.1 Å². The van der Waals surface area contributed by atoms with E-state index in [1.54, 1.807) is 0 Å². The molecule has 0 aromatic rings. The molecule has 0 aliphatic heterocycles. The summed E-state index contributed by atoms with van der Waals surface area (Å²) in [6.45, 7) is 0.224. The summed E-state index contributed by atoms with van der Waals surface area (Å²) in [5.74, 6) is -0.371. The molecule has 1 unspecified atom stereocenters. The molecule has 0 heterocycles. The number of carbonyl (C=O) groups is 1. The van der Waals surface area contributed by atoms with Gasteiger partial charge in [-0.1, -0.05) is 12.8 Å². The number of hydrogen-bond donors (Lipinski definition) is 3. The van der Waals surface area contributed by atoms with Crippen molar-refractivity contribution >= 4 is 5.91 Å². The van der Waals surface area contributed by atoms with Gasteiger partial charge >= 0.3 is 0 Å². The fourth-order valence-corrected chi connectivity index (χ4v) is 1.15. The Labute approximate surface area is 99.2 Å². The summed E-state index contributed by atoms with van der Waals surface area (Å²) in [4.78, 5) is 25.0. The lowest BCUT2D eigenvalue weighted by molar-refractivity contribution is -0.757. The average Bonchev–Trinajstić information content (AvgIpc) is 2.30. The van der Waals surface area contributed by atoms with Gasteiger partial charge in [-0.25, -0.2) is 0 Å². The predicted molar refractivity (Wildman–Crippen MR) is 59.5 cm³/mol. The molecular formula is C9H19N3O5. The first-order valence-electron chi connectivity index (χ1n) is 5.49. The lowest BCUT2D eigenvalue weighted by Crippen LogP contribution is -2.43. The van der Waals surface area contributed by atoms with Crippen LogP contribution >= 0.6 is 0 Å². The summed E-state index contributed by atoms with van der Waals surface area (Å²) in [5, 5.41) is 20.2. The third-order valence-corrected chi connectivity index (χ3v) is 2.10. The number of unbranched alkanes of at least 4 members (excludes halogenated alkanes) is 3. The minimum atomic E-state index is -0.872. The van der Waals surface area contributed by atoms with Crippen molar-refractivity contribution in [2.24, 2.45) is 5.73 Å². The van der Waals surface area contributed by atoms with Crippen molar-refractivity contribution in [1.29, 1.82) is 0 Å². The topological polar surface area (TPSA) is 128 Å². The van der Waals surface area contributed by atoms with Gasteiger partial charge in [0.2, 0.25) is 5.91 Å². The average molecular weight is 249 g/mol. The quantitative estimate of drug-likeness (QED) is 0.264. The van der Waals surface area contributed by atoms with Gasteiger partial charge in [0.05, 0.1) is 13.2 Å². The SMILES string of the molecule is NC(CO)C(=O)NCCCCCCO[N+](=O)[O-]. The van der Waals surface area contributed by atoms with Crippen LogP contribution in [-0.2, 0) is 9.63 Å². The Hall–Kier alpha value is -1.41. The van der Waals surface area contributed by atoms with E-state index in [0.717, 1.165) is 19.3 Å². The molecule has 0 fully saturated rings. The number of aliphatic hydroxyl groups is 1. The second-order valence-corrected chi connectivity index (χ2v) is 3.55. The summed E-state index contributed by atoms with van der Waals surface area (Å²) in [6, 6.07) is -0.872. The van der Waals surface area contributed by atoms with Gasteiger partial charge in [-0.2, -0.15) is 0 Å². The molecule has 0 saturated carbocycles. The van der Waals surface area contributed by atoms with Crippen LogP contribution in [0.2, 0.25) is 0 Å². The van der Waals surface area contributed by atoms with E-state index < -0.39 is 11.1 Å². The van der Waals surface area contributed by atoms with E-state index >= 15 is 0 Å². The van der Waals surface area contributed by atoms with Crippen LogP contribution in [0.5, 0.6) is 0 Å². The molecule has 100 valence electrons. The number of rotatable bonds is 10. The molecule has 0 radical (unpaired) electrons. The number of carbonyl (C=O) groups excluding carboxylic acids is 1. The molecule has 8 heteroatoms. The van der Waals surface area contributed by atoms with Crippen molar-refractivity contribution in [3.8, 4) is 0 Å². The van der Waals surface area contributed by atoms with E-state index in [4.69, 9.17) is 10.8 Å². The predicted octanol–water partition coefficient (Wildman–Crippen LogP) is -0.809. The molecule has 0 bridgehead atoms. The maximum absolute atomic E-state index is 11.1. The molecule has 0 saturated heterocycles. The summed E-state index contributed by atoms with van der Waals surface area (Å²) >= 11 is 0. The minimum absolute atomic E-state index is 0.106. The molecule has 0 aromatic heterocycles. The van der Waals surface area contributed by atoms with Gasteiger partial charge in [0.1, 0.15) is 6.04 Å². The molecule has 0 rings (SSSR count). The Kier molecular flexibility index (Phi) is 8.98. The van der Waals surface area contributed by atoms with Gasteiger partial charge in [0, 0.05) is 6.54 Å². The van der Waals surface area contributed by atoms with Crippen molar-refractivity contribution in [2.45, 2.75) is 31.7 Å². The first-order chi connectivity index (χ1) is 8.07. The maximum Gasteiger partial charge on any atom is 0.294 e. The molecule has 4 N–H and O–H groups in total. The van der Waals surface area contributed by atoms with Crippen molar-refractivity contribution in [3.63, 3.8) is 0 Å². The summed E-state index contributed by atoms with van der Waals surface area (Å²) in [5.41, 5.74) is 5.28. The zero-order valence-corrected chi connectivity index (χ0v) is 9.63. The number of aliphatic hydroxyl groups excluding tert-OH is 1. The molecule has 8 nitrogen and oxygen atoms in total. The van der Waals surface area contributed by atoms with Crippen LogP contribution in [0.1, 0.15) is 25.7 Å². The number of nitrogens with one attached hydrogen (secondary N) is 1. The van der Waals surface area contributed by atoms with Gasteiger partial charge in [0.25, 0.3) is 5.09 Å². The van der Waals surface area contributed by atoms with Crippen LogP contribution in [0.4, 0.5) is 0 Å². The number of nitrogens with two attached hydrogens (primary N) is 1. The van der Waals surface area contributed by atoms with Gasteiger partial charge in [-0.05, 0) is 12.8 Å². The molecule has 0 aromatic carbocycles. The molecular weight excluding hydrogens is 230 g/mol. The molecule has 0 aliphatic rings. The molecule has 0 spiro atoms. The Morgan fingerprint density at radius 3 is 2.65 bits per heavy atom. The van der Waals surface area contributed by atoms with Gasteiger partial charge in [0.15, 0.2) is 0 Å². The van der Waals surface area contributed by atoms with E-state index in [0.29, 0.717) is 13.0 Å². The largest absolute Gasteiger partial charge is 0.394 e. The zero-order valence-electron chi connectivity index (χ0n) is 9.63. The number of hydrogen-bond acceptors (Lipinski definition) is 6. The van der Waals surface area contributed by atoms with Crippen LogP contribution in [0.15, 0.2) is 0 Å². The van der Waals surface area contributed by atoms with E-state index in [-0.39, 0.29) is 19.1 Å². The van der Waals surface area contributed by atoms with Gasteiger partial charge in [-0.15, -0.1) is 10.1 Å². The highest BCUT2D eigenvalue weighted by Crippen LogP contribution is 1.99. The molecule has 1 atom stereocenters. The van der Waals surface area contributed by atoms with Crippen molar-refractivity contribution < 1.29 is 19.8 Å². The van der Waals surface area contributed by atoms with Crippen LogP contribution in [0.3, 0.4) is 0 Å². The van der Waals surface area contributed by atoms with E-state index in [1.165, 1.54) is 0 Å². The standard InChI is InChI=1S/C9H19N3O5/c10-8(7-13)9(14)11-5-3-1-2-4-6-17-12(15)16/h8,13H,1-7,10H2,(H,11,14). The normalized spacial score (nSPS) is 11.9.